The average molecular weight is 473 g/mol. The number of benzene rings is 2. The summed E-state index contributed by atoms with van der Waals surface area (Å²) in [5.74, 6) is 0.272. The number of rotatable bonds is 5. The van der Waals surface area contributed by atoms with Gasteiger partial charge in [0.15, 0.2) is 21.3 Å². The van der Waals surface area contributed by atoms with E-state index in [-0.39, 0.29) is 29.5 Å². The highest BCUT2D eigenvalue weighted by Crippen LogP contribution is 2.42. The van der Waals surface area contributed by atoms with Gasteiger partial charge < -0.3 is 19.3 Å². The number of amides is 2. The van der Waals surface area contributed by atoms with Gasteiger partial charge in [-0.3, -0.25) is 9.59 Å². The molecule has 1 fully saturated rings. The molecule has 0 aromatic heterocycles. The van der Waals surface area contributed by atoms with E-state index < -0.39 is 21.0 Å². The number of fused-ring (bicyclic) bond motifs is 1. The van der Waals surface area contributed by atoms with Gasteiger partial charge in [0.25, 0.3) is 0 Å². The normalized spacial score (nSPS) is 20.1. The molecule has 2 heterocycles. The molecule has 8 nitrogen and oxygen atoms in total. The Morgan fingerprint density at radius 3 is 2.39 bits per heavy atom. The van der Waals surface area contributed by atoms with Crippen molar-refractivity contribution >= 4 is 27.3 Å². The molecule has 1 saturated heterocycles. The Kier molecular flexibility index (Phi) is 6.60. The van der Waals surface area contributed by atoms with Crippen LogP contribution in [0.2, 0.25) is 0 Å². The van der Waals surface area contributed by atoms with Crippen LogP contribution in [0.4, 0.5) is 5.69 Å². The summed E-state index contributed by atoms with van der Waals surface area (Å²) in [7, 11) is -0.960. The minimum atomic E-state index is -3.93. The van der Waals surface area contributed by atoms with Crippen molar-refractivity contribution in [2.75, 3.05) is 38.8 Å². The van der Waals surface area contributed by atoms with Gasteiger partial charge in [0.05, 0.1) is 30.1 Å². The molecule has 0 aliphatic carbocycles. The van der Waals surface area contributed by atoms with E-state index in [1.165, 1.54) is 25.2 Å². The maximum atomic E-state index is 13.7. The zero-order chi connectivity index (χ0) is 23.6. The quantitative estimate of drug-likeness (QED) is 0.664. The van der Waals surface area contributed by atoms with Crippen LogP contribution in [0.5, 0.6) is 11.5 Å². The lowest BCUT2D eigenvalue weighted by Crippen LogP contribution is -2.44. The van der Waals surface area contributed by atoms with Gasteiger partial charge in [-0.05, 0) is 49.1 Å². The van der Waals surface area contributed by atoms with Crippen molar-refractivity contribution in [1.29, 1.82) is 0 Å². The fourth-order valence-electron chi connectivity index (χ4n) is 4.49. The van der Waals surface area contributed by atoms with Crippen LogP contribution in [0.25, 0.3) is 0 Å². The van der Waals surface area contributed by atoms with Crippen molar-refractivity contribution in [3.63, 3.8) is 0 Å². The van der Waals surface area contributed by atoms with Gasteiger partial charge in [0, 0.05) is 19.5 Å². The predicted octanol–water partition coefficient (Wildman–Crippen LogP) is 2.97. The lowest BCUT2D eigenvalue weighted by molar-refractivity contribution is -0.132. The number of para-hydroxylation sites is 1. The summed E-state index contributed by atoms with van der Waals surface area (Å²) in [5, 5.41) is -1.11. The Bertz CT molecular complexity index is 1160. The van der Waals surface area contributed by atoms with Crippen LogP contribution in [0, 0.1) is 0 Å². The van der Waals surface area contributed by atoms with E-state index >= 15 is 0 Å². The standard InChI is InChI=1S/C24H28N2O6S/c1-31-19-11-10-17(14-20(19)32-2)22-15-23(27)26(16-24(28)25-12-6-3-7-13-25)18-8-4-5-9-21(18)33(22,29)30/h4-5,8-11,14,22H,3,6-7,12-13,15-16H2,1-2H3/t22-/m1/s1. The van der Waals surface area contributed by atoms with Crippen molar-refractivity contribution in [1.82, 2.24) is 4.90 Å². The minimum absolute atomic E-state index is 0.0436. The molecule has 176 valence electrons. The molecule has 4 rings (SSSR count). The second kappa shape index (κ2) is 9.43. The number of likely N-dealkylation sites (tertiary alicyclic amines) is 1. The van der Waals surface area contributed by atoms with Gasteiger partial charge in [-0.2, -0.15) is 0 Å². The molecule has 2 amide bonds. The highest BCUT2D eigenvalue weighted by Gasteiger charge is 2.40. The third-order valence-corrected chi connectivity index (χ3v) is 8.43. The molecule has 0 spiro atoms. The Balaban J connectivity index is 1.74. The molecule has 33 heavy (non-hydrogen) atoms. The summed E-state index contributed by atoms with van der Waals surface area (Å²) < 4.78 is 38.0. The van der Waals surface area contributed by atoms with Crippen molar-refractivity contribution in [2.24, 2.45) is 0 Å². The van der Waals surface area contributed by atoms with Gasteiger partial charge in [-0.25, -0.2) is 8.42 Å². The van der Waals surface area contributed by atoms with E-state index in [2.05, 4.69) is 0 Å². The van der Waals surface area contributed by atoms with Crippen LogP contribution in [-0.2, 0) is 19.4 Å². The van der Waals surface area contributed by atoms with Crippen molar-refractivity contribution < 1.29 is 27.5 Å². The first kappa shape index (κ1) is 23.1. The highest BCUT2D eigenvalue weighted by atomic mass is 32.2. The zero-order valence-electron chi connectivity index (χ0n) is 18.8. The molecule has 2 aliphatic rings. The number of sulfone groups is 1. The predicted molar refractivity (Wildman–Crippen MR) is 123 cm³/mol. The van der Waals surface area contributed by atoms with E-state index in [0.717, 1.165) is 19.3 Å². The number of hydrogen-bond acceptors (Lipinski definition) is 6. The highest BCUT2D eigenvalue weighted by molar-refractivity contribution is 7.92. The molecule has 9 heteroatoms. The first-order valence-corrected chi connectivity index (χ1v) is 12.5. The number of carbonyl (C=O) groups excluding carboxylic acids is 2. The Morgan fingerprint density at radius 2 is 1.70 bits per heavy atom. The third-order valence-electron chi connectivity index (χ3n) is 6.28. The van der Waals surface area contributed by atoms with Crippen LogP contribution >= 0.6 is 0 Å². The van der Waals surface area contributed by atoms with Gasteiger partial charge >= 0.3 is 0 Å². The zero-order valence-corrected chi connectivity index (χ0v) is 19.6. The van der Waals surface area contributed by atoms with E-state index in [1.807, 2.05) is 0 Å². The fourth-order valence-corrected chi connectivity index (χ4v) is 6.40. The lowest BCUT2D eigenvalue weighted by atomic mass is 10.1. The molecule has 2 aromatic rings. The van der Waals surface area contributed by atoms with Gasteiger partial charge in [0.2, 0.25) is 11.8 Å². The molecule has 0 bridgehead atoms. The molecule has 0 unspecified atom stereocenters. The van der Waals surface area contributed by atoms with E-state index in [4.69, 9.17) is 9.47 Å². The number of nitrogens with zero attached hydrogens (tertiary/aromatic N) is 2. The van der Waals surface area contributed by atoms with Crippen molar-refractivity contribution in [3.05, 3.63) is 48.0 Å². The summed E-state index contributed by atoms with van der Waals surface area (Å²) in [6, 6.07) is 11.2. The topological polar surface area (TPSA) is 93.2 Å². The van der Waals surface area contributed by atoms with Gasteiger partial charge in [-0.15, -0.1) is 0 Å². The maximum absolute atomic E-state index is 13.7. The van der Waals surface area contributed by atoms with Gasteiger partial charge in [0.1, 0.15) is 6.54 Å². The molecular formula is C24H28N2O6S. The Hall–Kier alpha value is -3.07. The summed E-state index contributed by atoms with van der Waals surface area (Å²) in [5.41, 5.74) is 0.677. The number of carbonyl (C=O) groups is 2. The first-order valence-electron chi connectivity index (χ1n) is 11.0. The average Bonchev–Trinajstić information content (AvgIpc) is 2.92. The van der Waals surface area contributed by atoms with E-state index in [0.29, 0.717) is 30.2 Å². The summed E-state index contributed by atoms with van der Waals surface area (Å²) in [4.78, 5) is 29.5. The SMILES string of the molecule is COc1ccc([C@H]2CC(=O)N(CC(=O)N3CCCCC3)c3ccccc3S2(=O)=O)cc1OC. The summed E-state index contributed by atoms with van der Waals surface area (Å²) in [6.45, 7) is 1.15. The minimum Gasteiger partial charge on any atom is -0.493 e. The van der Waals surface area contributed by atoms with Crippen molar-refractivity contribution in [2.45, 2.75) is 35.8 Å². The van der Waals surface area contributed by atoms with Crippen LogP contribution in [-0.4, -0.2) is 59.0 Å². The monoisotopic (exact) mass is 472 g/mol. The maximum Gasteiger partial charge on any atom is 0.242 e. The molecule has 0 saturated carbocycles. The van der Waals surface area contributed by atoms with E-state index in [9.17, 15) is 18.0 Å². The molecular weight excluding hydrogens is 444 g/mol. The van der Waals surface area contributed by atoms with E-state index in [1.54, 1.807) is 41.3 Å². The summed E-state index contributed by atoms with van der Waals surface area (Å²) >= 11 is 0. The smallest absolute Gasteiger partial charge is 0.242 e. The van der Waals surface area contributed by atoms with Crippen LogP contribution < -0.4 is 14.4 Å². The molecule has 0 radical (unpaired) electrons. The summed E-state index contributed by atoms with van der Waals surface area (Å²) in [6.07, 6.45) is 2.68. The Labute approximate surface area is 194 Å². The second-order valence-electron chi connectivity index (χ2n) is 8.24. The second-order valence-corrected chi connectivity index (χ2v) is 10.3. The van der Waals surface area contributed by atoms with Crippen LogP contribution in [0.1, 0.15) is 36.5 Å². The Morgan fingerprint density at radius 1 is 1.00 bits per heavy atom. The molecule has 2 aromatic carbocycles. The third kappa shape index (κ3) is 4.42. The van der Waals surface area contributed by atoms with Crippen LogP contribution in [0.15, 0.2) is 47.4 Å². The number of hydrogen-bond donors (Lipinski definition) is 0. The molecule has 1 atom stereocenters. The number of piperidine rings is 1. The largest absolute Gasteiger partial charge is 0.493 e. The number of methoxy groups -OCH3 is 2. The van der Waals surface area contributed by atoms with Crippen molar-refractivity contribution in [3.8, 4) is 11.5 Å². The number of anilines is 1. The van der Waals surface area contributed by atoms with Crippen LogP contribution in [0.3, 0.4) is 0 Å². The molecule has 2 aliphatic heterocycles. The lowest BCUT2D eigenvalue weighted by Gasteiger charge is -2.30. The first-order chi connectivity index (χ1) is 15.9. The van der Waals surface area contributed by atoms with Gasteiger partial charge in [-0.1, -0.05) is 18.2 Å². The molecule has 0 N–H and O–H groups in total. The number of ether oxygens (including phenoxy) is 2. The fraction of sp³-hybridized carbons (Fsp3) is 0.417.